The molecule has 1 atom stereocenters. The van der Waals surface area contributed by atoms with Crippen LogP contribution in [-0.4, -0.2) is 35.1 Å². The molecule has 0 aromatic heterocycles. The number of thioether (sulfide) groups is 1. The summed E-state index contributed by atoms with van der Waals surface area (Å²) in [5.41, 5.74) is 0.843. The zero-order chi connectivity index (χ0) is 21.9. The van der Waals surface area contributed by atoms with Gasteiger partial charge in [-0.25, -0.2) is 0 Å². The van der Waals surface area contributed by atoms with Crippen LogP contribution in [-0.2, 0) is 16.1 Å². The lowest BCUT2D eigenvalue weighted by Gasteiger charge is -2.30. The van der Waals surface area contributed by atoms with E-state index in [9.17, 15) is 9.59 Å². The van der Waals surface area contributed by atoms with E-state index < -0.39 is 6.04 Å². The number of amides is 2. The number of benzene rings is 2. The van der Waals surface area contributed by atoms with Crippen LogP contribution in [0.2, 0.25) is 10.0 Å². The molecule has 2 amide bonds. The van der Waals surface area contributed by atoms with Gasteiger partial charge in [0.05, 0.1) is 10.0 Å². The van der Waals surface area contributed by atoms with Gasteiger partial charge in [0.25, 0.3) is 0 Å². The predicted molar refractivity (Wildman–Crippen MR) is 126 cm³/mol. The Morgan fingerprint density at radius 1 is 1.07 bits per heavy atom. The normalized spacial score (nSPS) is 11.7. The fourth-order valence-corrected chi connectivity index (χ4v) is 4.22. The zero-order valence-electron chi connectivity index (χ0n) is 17.4. The van der Waals surface area contributed by atoms with Crippen molar-refractivity contribution in [2.75, 3.05) is 12.3 Å². The van der Waals surface area contributed by atoms with Gasteiger partial charge in [-0.05, 0) is 42.7 Å². The van der Waals surface area contributed by atoms with E-state index in [1.165, 1.54) is 0 Å². The third kappa shape index (κ3) is 7.53. The Hall–Kier alpha value is -1.69. The molecule has 0 aliphatic heterocycles. The summed E-state index contributed by atoms with van der Waals surface area (Å²) in [7, 11) is 0. The molecule has 0 saturated heterocycles. The number of carbonyl (C=O) groups excluding carboxylic acids is 2. The highest BCUT2D eigenvalue weighted by Crippen LogP contribution is 2.25. The second-order valence-corrected chi connectivity index (χ2v) is 8.88. The summed E-state index contributed by atoms with van der Waals surface area (Å²) in [6, 6.07) is 14.7. The van der Waals surface area contributed by atoms with E-state index in [1.54, 1.807) is 28.8 Å². The van der Waals surface area contributed by atoms with Gasteiger partial charge in [-0.2, -0.15) is 0 Å². The van der Waals surface area contributed by atoms with Gasteiger partial charge in [0.15, 0.2) is 0 Å². The van der Waals surface area contributed by atoms with Crippen molar-refractivity contribution in [3.63, 3.8) is 0 Å². The smallest absolute Gasteiger partial charge is 0.242 e. The van der Waals surface area contributed by atoms with E-state index in [0.717, 1.165) is 16.9 Å². The number of nitrogens with zero attached hydrogens (tertiary/aromatic N) is 1. The van der Waals surface area contributed by atoms with Gasteiger partial charge < -0.3 is 10.2 Å². The van der Waals surface area contributed by atoms with Gasteiger partial charge in [0.2, 0.25) is 11.8 Å². The summed E-state index contributed by atoms with van der Waals surface area (Å²) in [6.07, 6.45) is 1.73. The minimum Gasteiger partial charge on any atom is -0.354 e. The Labute approximate surface area is 193 Å². The van der Waals surface area contributed by atoms with Crippen molar-refractivity contribution in [1.82, 2.24) is 10.2 Å². The van der Waals surface area contributed by atoms with E-state index in [-0.39, 0.29) is 11.8 Å². The van der Waals surface area contributed by atoms with Gasteiger partial charge in [0, 0.05) is 30.2 Å². The quantitative estimate of drug-likeness (QED) is 0.425. The molecule has 30 heavy (non-hydrogen) atoms. The van der Waals surface area contributed by atoms with Crippen molar-refractivity contribution in [3.8, 4) is 0 Å². The zero-order valence-corrected chi connectivity index (χ0v) is 19.7. The monoisotopic (exact) mass is 466 g/mol. The third-order valence-electron chi connectivity index (χ3n) is 4.60. The average molecular weight is 467 g/mol. The maximum absolute atomic E-state index is 13.1. The number of carbonyl (C=O) groups is 2. The second kappa shape index (κ2) is 12.9. The van der Waals surface area contributed by atoms with Crippen molar-refractivity contribution in [1.29, 1.82) is 0 Å². The van der Waals surface area contributed by atoms with Crippen molar-refractivity contribution in [2.45, 2.75) is 50.6 Å². The Bertz CT molecular complexity index is 833. The lowest BCUT2D eigenvalue weighted by Crippen LogP contribution is -2.49. The van der Waals surface area contributed by atoms with Gasteiger partial charge in [-0.3, -0.25) is 9.59 Å². The largest absolute Gasteiger partial charge is 0.354 e. The highest BCUT2D eigenvalue weighted by Gasteiger charge is 2.28. The van der Waals surface area contributed by atoms with Crippen LogP contribution in [0.4, 0.5) is 0 Å². The fraction of sp³-hybridized carbons (Fsp3) is 0.391. The molecule has 7 heteroatoms. The van der Waals surface area contributed by atoms with E-state index in [1.807, 2.05) is 50.2 Å². The van der Waals surface area contributed by atoms with Crippen LogP contribution in [0.3, 0.4) is 0 Å². The summed E-state index contributed by atoms with van der Waals surface area (Å²) in [4.78, 5) is 28.7. The summed E-state index contributed by atoms with van der Waals surface area (Å²) >= 11 is 13.8. The SMILES string of the molecule is CCCNC(=O)[C@@H](CC)N(Cc1ccc(Cl)c(Cl)c1)C(=O)CCSc1ccccc1. The molecule has 4 nitrogen and oxygen atoms in total. The second-order valence-electron chi connectivity index (χ2n) is 6.90. The van der Waals surface area contributed by atoms with E-state index in [2.05, 4.69) is 5.32 Å². The Morgan fingerprint density at radius 3 is 2.43 bits per heavy atom. The summed E-state index contributed by atoms with van der Waals surface area (Å²) in [6.45, 7) is 4.82. The lowest BCUT2D eigenvalue weighted by molar-refractivity contribution is -0.141. The van der Waals surface area contributed by atoms with Crippen molar-refractivity contribution in [2.24, 2.45) is 0 Å². The molecule has 0 fully saturated rings. The molecule has 0 radical (unpaired) electrons. The number of nitrogens with one attached hydrogen (secondary N) is 1. The maximum Gasteiger partial charge on any atom is 0.242 e. The van der Waals surface area contributed by atoms with Crippen molar-refractivity contribution in [3.05, 3.63) is 64.1 Å². The molecule has 0 saturated carbocycles. The minimum atomic E-state index is -0.528. The molecule has 0 aliphatic carbocycles. The Kier molecular flexibility index (Phi) is 10.6. The van der Waals surface area contributed by atoms with E-state index in [0.29, 0.717) is 41.7 Å². The fourth-order valence-electron chi connectivity index (χ4n) is 3.04. The molecule has 0 spiro atoms. The first-order valence-electron chi connectivity index (χ1n) is 10.1. The third-order valence-corrected chi connectivity index (χ3v) is 6.35. The van der Waals surface area contributed by atoms with Gasteiger partial charge >= 0.3 is 0 Å². The average Bonchev–Trinajstić information content (AvgIpc) is 2.75. The van der Waals surface area contributed by atoms with E-state index in [4.69, 9.17) is 23.2 Å². The molecule has 0 bridgehead atoms. The molecule has 0 aliphatic rings. The first-order chi connectivity index (χ1) is 14.5. The number of hydrogen-bond acceptors (Lipinski definition) is 3. The van der Waals surface area contributed by atoms with Crippen LogP contribution >= 0.6 is 35.0 Å². The molecule has 0 unspecified atom stereocenters. The van der Waals surface area contributed by atoms with Crippen molar-refractivity contribution < 1.29 is 9.59 Å². The topological polar surface area (TPSA) is 49.4 Å². The van der Waals surface area contributed by atoms with Crippen LogP contribution < -0.4 is 5.32 Å². The Morgan fingerprint density at radius 2 is 1.80 bits per heavy atom. The van der Waals surface area contributed by atoms with Crippen LogP contribution in [0.5, 0.6) is 0 Å². The Balaban J connectivity index is 2.14. The van der Waals surface area contributed by atoms with Gasteiger partial charge in [0.1, 0.15) is 6.04 Å². The standard InChI is InChI=1S/C23H28Cl2N2O2S/c1-3-13-26-23(29)21(4-2)27(16-17-10-11-19(24)20(25)15-17)22(28)12-14-30-18-8-6-5-7-9-18/h5-11,15,21H,3-4,12-14,16H2,1-2H3,(H,26,29)/t21-/m1/s1. The highest BCUT2D eigenvalue weighted by molar-refractivity contribution is 7.99. The van der Waals surface area contributed by atoms with Crippen LogP contribution in [0, 0.1) is 0 Å². The number of hydrogen-bond donors (Lipinski definition) is 1. The first kappa shape index (κ1) is 24.6. The molecule has 2 aromatic rings. The minimum absolute atomic E-state index is 0.0528. The molecule has 2 rings (SSSR count). The van der Waals surface area contributed by atoms with Gasteiger partial charge in [-0.15, -0.1) is 11.8 Å². The molecular weight excluding hydrogens is 439 g/mol. The summed E-state index contributed by atoms with van der Waals surface area (Å²) in [5.74, 6) is 0.472. The first-order valence-corrected chi connectivity index (χ1v) is 11.9. The number of halogens is 2. The van der Waals surface area contributed by atoms with Crippen LogP contribution in [0.1, 0.15) is 38.7 Å². The maximum atomic E-state index is 13.1. The number of rotatable bonds is 11. The summed E-state index contributed by atoms with van der Waals surface area (Å²) < 4.78 is 0. The molecular formula is C23H28Cl2N2O2S. The lowest BCUT2D eigenvalue weighted by atomic mass is 10.1. The summed E-state index contributed by atoms with van der Waals surface area (Å²) in [5, 5.41) is 3.82. The van der Waals surface area contributed by atoms with E-state index >= 15 is 0 Å². The van der Waals surface area contributed by atoms with Crippen LogP contribution in [0.25, 0.3) is 0 Å². The molecule has 162 valence electrons. The van der Waals surface area contributed by atoms with Crippen molar-refractivity contribution >= 4 is 46.8 Å². The highest BCUT2D eigenvalue weighted by atomic mass is 35.5. The molecule has 2 aromatic carbocycles. The van der Waals surface area contributed by atoms with Crippen LogP contribution in [0.15, 0.2) is 53.4 Å². The molecule has 0 heterocycles. The van der Waals surface area contributed by atoms with Gasteiger partial charge in [-0.1, -0.05) is 61.3 Å². The predicted octanol–water partition coefficient (Wildman–Crippen LogP) is 5.81. The molecule has 1 N–H and O–H groups in total.